The molecule has 0 saturated carbocycles. The number of aliphatic carboxylic acids is 1. The first-order valence-electron chi connectivity index (χ1n) is 6.27. The number of amides is 1. The topological polar surface area (TPSA) is 86.6 Å². The van der Waals surface area contributed by atoms with Crippen LogP contribution in [0.4, 0.5) is 0 Å². The van der Waals surface area contributed by atoms with Gasteiger partial charge in [-0.05, 0) is 6.42 Å². The first-order chi connectivity index (χ1) is 9.56. The molecule has 0 aromatic carbocycles. The quantitative estimate of drug-likeness (QED) is 0.867. The summed E-state index contributed by atoms with van der Waals surface area (Å²) < 4.78 is 0. The second-order valence-corrected chi connectivity index (χ2v) is 4.93. The van der Waals surface area contributed by atoms with E-state index in [4.69, 9.17) is 16.7 Å². The Morgan fingerprint density at radius 1 is 1.25 bits per heavy atom. The van der Waals surface area contributed by atoms with E-state index in [1.807, 2.05) is 4.90 Å². The molecule has 1 aliphatic heterocycles. The highest BCUT2D eigenvalue weighted by Gasteiger charge is 2.22. The third kappa shape index (κ3) is 3.88. The maximum atomic E-state index is 12.3. The first kappa shape index (κ1) is 14.7. The molecule has 0 bridgehead atoms. The molecule has 1 N–H and O–H groups in total. The van der Waals surface area contributed by atoms with Crippen molar-refractivity contribution in [1.82, 2.24) is 19.8 Å². The Labute approximate surface area is 121 Å². The molecule has 0 unspecified atom stereocenters. The minimum absolute atomic E-state index is 0.000991. The van der Waals surface area contributed by atoms with Crippen LogP contribution in [0.25, 0.3) is 0 Å². The van der Waals surface area contributed by atoms with Crippen LogP contribution in [0.15, 0.2) is 12.4 Å². The highest BCUT2D eigenvalue weighted by atomic mass is 35.5. The van der Waals surface area contributed by atoms with Gasteiger partial charge in [-0.2, -0.15) is 0 Å². The monoisotopic (exact) mass is 298 g/mol. The third-order valence-electron chi connectivity index (χ3n) is 3.06. The van der Waals surface area contributed by atoms with Gasteiger partial charge < -0.3 is 10.0 Å². The Morgan fingerprint density at radius 3 is 2.75 bits per heavy atom. The van der Waals surface area contributed by atoms with E-state index >= 15 is 0 Å². The maximum absolute atomic E-state index is 12.3. The Bertz CT molecular complexity index is 511. The third-order valence-corrected chi connectivity index (χ3v) is 3.24. The van der Waals surface area contributed by atoms with Crippen LogP contribution in [0.1, 0.15) is 16.9 Å². The molecular weight excluding hydrogens is 284 g/mol. The zero-order valence-electron chi connectivity index (χ0n) is 10.8. The molecular formula is C12H15ClN4O3. The molecule has 0 spiro atoms. The van der Waals surface area contributed by atoms with Gasteiger partial charge in [-0.1, -0.05) is 11.6 Å². The van der Waals surface area contributed by atoms with Crippen LogP contribution >= 0.6 is 11.6 Å². The minimum Gasteiger partial charge on any atom is -0.480 e. The summed E-state index contributed by atoms with van der Waals surface area (Å²) in [7, 11) is 0. The van der Waals surface area contributed by atoms with E-state index in [9.17, 15) is 9.59 Å². The van der Waals surface area contributed by atoms with Crippen molar-refractivity contribution in [2.75, 3.05) is 32.7 Å². The van der Waals surface area contributed by atoms with Crippen molar-refractivity contribution in [3.63, 3.8) is 0 Å². The molecule has 1 aliphatic rings. The van der Waals surface area contributed by atoms with E-state index in [1.54, 1.807) is 4.90 Å². The number of hydrogen-bond acceptors (Lipinski definition) is 5. The molecule has 1 fully saturated rings. The van der Waals surface area contributed by atoms with Gasteiger partial charge in [-0.3, -0.25) is 19.5 Å². The lowest BCUT2D eigenvalue weighted by Crippen LogP contribution is -2.37. The Hall–Kier alpha value is -1.73. The number of carbonyl (C=O) groups excluding carboxylic acids is 1. The lowest BCUT2D eigenvalue weighted by atomic mass is 10.3. The van der Waals surface area contributed by atoms with Gasteiger partial charge >= 0.3 is 5.97 Å². The van der Waals surface area contributed by atoms with Crippen molar-refractivity contribution < 1.29 is 14.7 Å². The number of carboxylic acids is 1. The first-order valence-corrected chi connectivity index (χ1v) is 6.65. The predicted octanol–water partition coefficient (Wildman–Crippen LogP) is 0.362. The van der Waals surface area contributed by atoms with E-state index in [2.05, 4.69) is 9.97 Å². The number of halogens is 1. The lowest BCUT2D eigenvalue weighted by molar-refractivity contribution is -0.138. The van der Waals surface area contributed by atoms with Gasteiger partial charge in [0.15, 0.2) is 0 Å². The molecule has 1 aromatic heterocycles. The zero-order valence-corrected chi connectivity index (χ0v) is 11.6. The van der Waals surface area contributed by atoms with E-state index in [0.717, 1.165) is 6.42 Å². The van der Waals surface area contributed by atoms with E-state index in [1.165, 1.54) is 12.4 Å². The second kappa shape index (κ2) is 6.62. The highest BCUT2D eigenvalue weighted by Crippen LogP contribution is 2.09. The standard InChI is InChI=1S/C12H15ClN4O3/c13-10-7-14-6-9(15-10)12(20)17-3-1-2-16(4-5-17)8-11(18)19/h6-7H,1-5,8H2,(H,18,19). The number of rotatable bonds is 3. The molecule has 7 nitrogen and oxygen atoms in total. The summed E-state index contributed by atoms with van der Waals surface area (Å²) >= 11 is 5.72. The summed E-state index contributed by atoms with van der Waals surface area (Å²) in [4.78, 5) is 34.2. The lowest BCUT2D eigenvalue weighted by Gasteiger charge is -2.20. The van der Waals surface area contributed by atoms with Gasteiger partial charge in [-0.25, -0.2) is 4.98 Å². The normalized spacial score (nSPS) is 16.8. The number of nitrogens with zero attached hydrogens (tertiary/aromatic N) is 4. The zero-order chi connectivity index (χ0) is 14.5. The van der Waals surface area contributed by atoms with Gasteiger partial charge in [0.2, 0.25) is 0 Å². The van der Waals surface area contributed by atoms with Crippen molar-refractivity contribution in [3.8, 4) is 0 Å². The average molecular weight is 299 g/mol. The van der Waals surface area contributed by atoms with E-state index in [0.29, 0.717) is 26.2 Å². The summed E-state index contributed by atoms with van der Waals surface area (Å²) in [6.07, 6.45) is 3.48. The molecule has 20 heavy (non-hydrogen) atoms. The SMILES string of the molecule is O=C(O)CN1CCCN(C(=O)c2cncc(Cl)n2)CC1. The molecule has 2 heterocycles. The average Bonchev–Trinajstić information content (AvgIpc) is 2.63. The molecule has 0 atom stereocenters. The Kier molecular flexibility index (Phi) is 4.86. The van der Waals surface area contributed by atoms with E-state index in [-0.39, 0.29) is 23.3 Å². The summed E-state index contributed by atoms with van der Waals surface area (Å²) in [5.74, 6) is -1.08. The molecule has 2 rings (SSSR count). The molecule has 0 aliphatic carbocycles. The maximum Gasteiger partial charge on any atom is 0.317 e. The van der Waals surface area contributed by atoms with Crippen LogP contribution < -0.4 is 0 Å². The Balaban J connectivity index is 1.99. The number of carbonyl (C=O) groups is 2. The molecule has 1 amide bonds. The van der Waals surface area contributed by atoms with Gasteiger partial charge in [0.05, 0.1) is 18.9 Å². The highest BCUT2D eigenvalue weighted by molar-refractivity contribution is 6.29. The fourth-order valence-electron chi connectivity index (χ4n) is 2.13. The van der Waals surface area contributed by atoms with Crippen LogP contribution in [0.3, 0.4) is 0 Å². The van der Waals surface area contributed by atoms with Crippen LogP contribution in [0.5, 0.6) is 0 Å². The molecule has 8 heteroatoms. The predicted molar refractivity (Wildman–Crippen MR) is 71.6 cm³/mol. The van der Waals surface area contributed by atoms with Crippen molar-refractivity contribution in [1.29, 1.82) is 0 Å². The Morgan fingerprint density at radius 2 is 2.05 bits per heavy atom. The van der Waals surface area contributed by atoms with Gasteiger partial charge in [0.1, 0.15) is 10.8 Å². The van der Waals surface area contributed by atoms with Crippen LogP contribution in [0.2, 0.25) is 5.15 Å². The minimum atomic E-state index is -0.856. The summed E-state index contributed by atoms with van der Waals surface area (Å²) in [5.41, 5.74) is 0.212. The largest absolute Gasteiger partial charge is 0.480 e. The molecule has 1 saturated heterocycles. The van der Waals surface area contributed by atoms with Gasteiger partial charge in [0.25, 0.3) is 5.91 Å². The molecule has 108 valence electrons. The fourth-order valence-corrected chi connectivity index (χ4v) is 2.28. The second-order valence-electron chi connectivity index (χ2n) is 4.54. The summed E-state index contributed by atoms with van der Waals surface area (Å²) in [6, 6.07) is 0. The van der Waals surface area contributed by atoms with E-state index < -0.39 is 5.97 Å². The number of hydrogen-bond donors (Lipinski definition) is 1. The fraction of sp³-hybridized carbons (Fsp3) is 0.500. The van der Waals surface area contributed by atoms with Crippen molar-refractivity contribution in [3.05, 3.63) is 23.2 Å². The van der Waals surface area contributed by atoms with Gasteiger partial charge in [-0.15, -0.1) is 0 Å². The number of carboxylic acid groups (broad SMARTS) is 1. The smallest absolute Gasteiger partial charge is 0.317 e. The van der Waals surface area contributed by atoms with Crippen molar-refractivity contribution >= 4 is 23.5 Å². The summed E-state index contributed by atoms with van der Waals surface area (Å²) in [6.45, 7) is 2.24. The molecule has 1 aromatic rings. The van der Waals surface area contributed by atoms with Gasteiger partial charge in [0, 0.05) is 26.2 Å². The van der Waals surface area contributed by atoms with Crippen LogP contribution in [-0.4, -0.2) is 69.5 Å². The van der Waals surface area contributed by atoms with Crippen LogP contribution in [-0.2, 0) is 4.79 Å². The summed E-state index contributed by atoms with van der Waals surface area (Å²) in [5, 5.41) is 8.96. The van der Waals surface area contributed by atoms with Crippen molar-refractivity contribution in [2.45, 2.75) is 6.42 Å². The molecule has 0 radical (unpaired) electrons. The van der Waals surface area contributed by atoms with Crippen LogP contribution in [0, 0.1) is 0 Å². The number of aromatic nitrogens is 2. The van der Waals surface area contributed by atoms with Crippen molar-refractivity contribution in [2.24, 2.45) is 0 Å².